The van der Waals surface area contributed by atoms with Crippen LogP contribution >= 0.6 is 11.6 Å². The van der Waals surface area contributed by atoms with Crippen molar-refractivity contribution in [2.24, 2.45) is 0 Å². The minimum absolute atomic E-state index is 0.261. The summed E-state index contributed by atoms with van der Waals surface area (Å²) in [5.41, 5.74) is 2.55. The van der Waals surface area contributed by atoms with Crippen molar-refractivity contribution < 1.29 is 8.42 Å². The molecular weight excluding hydrogens is 342 g/mol. The molecule has 0 amide bonds. The van der Waals surface area contributed by atoms with Gasteiger partial charge < -0.3 is 0 Å². The lowest BCUT2D eigenvalue weighted by molar-refractivity contribution is 0.601. The van der Waals surface area contributed by atoms with Gasteiger partial charge >= 0.3 is 0 Å². The molecule has 1 N–H and O–H groups in total. The fraction of sp³-hybridized carbons (Fsp3) is 0.368. The second kappa shape index (κ2) is 8.54. The maximum Gasteiger partial charge on any atom is 0.261 e. The van der Waals surface area contributed by atoms with Gasteiger partial charge in [-0.15, -0.1) is 0 Å². The normalized spacial score (nSPS) is 11.5. The SMILES string of the molecule is CCCCCCc1ccc(S(=O)(=O)Nc2ccc(C)c(Cl)c2)cc1. The number of aryl methyl sites for hydroxylation is 2. The van der Waals surface area contributed by atoms with Gasteiger partial charge in [-0.2, -0.15) is 0 Å². The van der Waals surface area contributed by atoms with Crippen LogP contribution in [0.3, 0.4) is 0 Å². The summed E-state index contributed by atoms with van der Waals surface area (Å²) in [4.78, 5) is 0.261. The molecule has 24 heavy (non-hydrogen) atoms. The second-order valence-electron chi connectivity index (χ2n) is 6.02. The van der Waals surface area contributed by atoms with Crippen molar-refractivity contribution in [2.75, 3.05) is 4.72 Å². The van der Waals surface area contributed by atoms with Crippen LogP contribution in [0.15, 0.2) is 47.4 Å². The van der Waals surface area contributed by atoms with Crippen molar-refractivity contribution in [3.63, 3.8) is 0 Å². The first-order valence-corrected chi connectivity index (χ1v) is 10.2. The predicted octanol–water partition coefficient (Wildman–Crippen LogP) is 5.57. The minimum Gasteiger partial charge on any atom is -0.280 e. The number of anilines is 1. The van der Waals surface area contributed by atoms with Crippen LogP contribution in [0.5, 0.6) is 0 Å². The lowest BCUT2D eigenvalue weighted by atomic mass is 10.1. The molecule has 0 radical (unpaired) electrons. The van der Waals surface area contributed by atoms with Crippen molar-refractivity contribution in [1.82, 2.24) is 0 Å². The van der Waals surface area contributed by atoms with Gasteiger partial charge in [0, 0.05) is 5.02 Å². The van der Waals surface area contributed by atoms with E-state index in [2.05, 4.69) is 11.6 Å². The molecule has 0 atom stereocenters. The molecule has 2 rings (SSSR count). The zero-order chi connectivity index (χ0) is 17.6. The Morgan fingerprint density at radius 3 is 2.33 bits per heavy atom. The summed E-state index contributed by atoms with van der Waals surface area (Å²) < 4.78 is 27.5. The molecule has 0 aliphatic heterocycles. The monoisotopic (exact) mass is 365 g/mol. The second-order valence-corrected chi connectivity index (χ2v) is 8.11. The Morgan fingerprint density at radius 2 is 1.71 bits per heavy atom. The summed E-state index contributed by atoms with van der Waals surface area (Å²) in [6.07, 6.45) is 5.80. The van der Waals surface area contributed by atoms with Gasteiger partial charge in [0.15, 0.2) is 0 Å². The van der Waals surface area contributed by atoms with Crippen LogP contribution in [0.4, 0.5) is 5.69 Å². The van der Waals surface area contributed by atoms with E-state index in [-0.39, 0.29) is 4.90 Å². The third kappa shape index (κ3) is 5.25. The molecule has 0 aromatic heterocycles. The van der Waals surface area contributed by atoms with E-state index in [0.29, 0.717) is 10.7 Å². The highest BCUT2D eigenvalue weighted by atomic mass is 35.5. The Labute approximate surface area is 150 Å². The van der Waals surface area contributed by atoms with E-state index >= 15 is 0 Å². The molecule has 0 aliphatic rings. The molecule has 0 fully saturated rings. The predicted molar refractivity (Wildman–Crippen MR) is 101 cm³/mol. The Hall–Kier alpha value is -1.52. The van der Waals surface area contributed by atoms with Crippen LogP contribution < -0.4 is 4.72 Å². The molecule has 2 aromatic carbocycles. The van der Waals surface area contributed by atoms with Gasteiger partial charge in [-0.25, -0.2) is 8.42 Å². The van der Waals surface area contributed by atoms with E-state index in [1.807, 2.05) is 19.1 Å². The van der Waals surface area contributed by atoms with Gasteiger partial charge in [0.05, 0.1) is 10.6 Å². The van der Waals surface area contributed by atoms with Gasteiger partial charge in [-0.05, 0) is 55.2 Å². The number of unbranched alkanes of at least 4 members (excludes halogenated alkanes) is 3. The van der Waals surface area contributed by atoms with Crippen LogP contribution in [0.25, 0.3) is 0 Å². The molecule has 130 valence electrons. The third-order valence-electron chi connectivity index (χ3n) is 3.98. The fourth-order valence-electron chi connectivity index (χ4n) is 2.46. The number of rotatable bonds is 8. The summed E-state index contributed by atoms with van der Waals surface area (Å²) in [6.45, 7) is 4.06. The summed E-state index contributed by atoms with van der Waals surface area (Å²) in [7, 11) is -3.60. The number of sulfonamides is 1. The largest absolute Gasteiger partial charge is 0.280 e. The van der Waals surface area contributed by atoms with E-state index in [0.717, 1.165) is 18.4 Å². The highest BCUT2D eigenvalue weighted by Gasteiger charge is 2.14. The summed E-state index contributed by atoms with van der Waals surface area (Å²) in [5, 5.41) is 0.539. The first-order chi connectivity index (χ1) is 11.4. The standard InChI is InChI=1S/C19H24ClNO2S/c1-3-4-5-6-7-16-9-12-18(13-10-16)24(22,23)21-17-11-8-15(2)19(20)14-17/h8-14,21H,3-7H2,1-2H3. The van der Waals surface area contributed by atoms with Crippen LogP contribution in [-0.2, 0) is 16.4 Å². The average molecular weight is 366 g/mol. The zero-order valence-corrected chi connectivity index (χ0v) is 15.8. The molecule has 0 saturated heterocycles. The van der Waals surface area contributed by atoms with Crippen molar-refractivity contribution in [3.8, 4) is 0 Å². The van der Waals surface area contributed by atoms with Crippen molar-refractivity contribution >= 4 is 27.3 Å². The van der Waals surface area contributed by atoms with Crippen molar-refractivity contribution in [2.45, 2.75) is 50.8 Å². The first-order valence-electron chi connectivity index (χ1n) is 8.30. The fourth-order valence-corrected chi connectivity index (χ4v) is 3.69. The number of hydrogen-bond acceptors (Lipinski definition) is 2. The summed E-state index contributed by atoms with van der Waals surface area (Å²) in [5.74, 6) is 0. The van der Waals surface area contributed by atoms with E-state index in [1.165, 1.54) is 24.8 Å². The minimum atomic E-state index is -3.60. The van der Waals surface area contributed by atoms with E-state index in [9.17, 15) is 8.42 Å². The molecule has 0 unspecified atom stereocenters. The number of halogens is 1. The van der Waals surface area contributed by atoms with Crippen molar-refractivity contribution in [3.05, 3.63) is 58.6 Å². The molecule has 0 heterocycles. The molecule has 0 spiro atoms. The molecule has 0 saturated carbocycles. The van der Waals surface area contributed by atoms with Crippen molar-refractivity contribution in [1.29, 1.82) is 0 Å². The Balaban J connectivity index is 2.04. The van der Waals surface area contributed by atoms with Gasteiger partial charge in [0.25, 0.3) is 10.0 Å². The van der Waals surface area contributed by atoms with Gasteiger partial charge in [0.1, 0.15) is 0 Å². The Morgan fingerprint density at radius 1 is 1.00 bits per heavy atom. The number of benzene rings is 2. The zero-order valence-electron chi connectivity index (χ0n) is 14.2. The smallest absolute Gasteiger partial charge is 0.261 e. The lowest BCUT2D eigenvalue weighted by Gasteiger charge is -2.10. The van der Waals surface area contributed by atoms with Gasteiger partial charge in [-0.3, -0.25) is 4.72 Å². The Kier molecular flexibility index (Phi) is 6.69. The van der Waals surface area contributed by atoms with E-state index < -0.39 is 10.0 Å². The van der Waals surface area contributed by atoms with Crippen LogP contribution in [-0.4, -0.2) is 8.42 Å². The van der Waals surface area contributed by atoms with Crippen LogP contribution in [0.2, 0.25) is 5.02 Å². The van der Waals surface area contributed by atoms with Crippen LogP contribution in [0, 0.1) is 6.92 Å². The number of nitrogens with one attached hydrogen (secondary N) is 1. The summed E-state index contributed by atoms with van der Waals surface area (Å²) >= 11 is 6.05. The maximum atomic E-state index is 12.5. The topological polar surface area (TPSA) is 46.2 Å². The molecule has 3 nitrogen and oxygen atoms in total. The Bertz CT molecular complexity index is 770. The molecule has 0 aliphatic carbocycles. The van der Waals surface area contributed by atoms with Gasteiger partial charge in [0.2, 0.25) is 0 Å². The average Bonchev–Trinajstić information content (AvgIpc) is 2.55. The number of hydrogen-bond donors (Lipinski definition) is 1. The van der Waals surface area contributed by atoms with E-state index in [4.69, 9.17) is 11.6 Å². The first kappa shape index (κ1) is 18.8. The van der Waals surface area contributed by atoms with Crippen LogP contribution in [0.1, 0.15) is 43.7 Å². The molecular formula is C19H24ClNO2S. The summed E-state index contributed by atoms with van der Waals surface area (Å²) in [6, 6.07) is 12.2. The lowest BCUT2D eigenvalue weighted by Crippen LogP contribution is -2.13. The highest BCUT2D eigenvalue weighted by molar-refractivity contribution is 7.92. The van der Waals surface area contributed by atoms with Gasteiger partial charge in [-0.1, -0.05) is 56.0 Å². The highest BCUT2D eigenvalue weighted by Crippen LogP contribution is 2.23. The quantitative estimate of drug-likeness (QED) is 0.621. The maximum absolute atomic E-state index is 12.5. The molecule has 2 aromatic rings. The molecule has 5 heteroatoms. The van der Waals surface area contributed by atoms with E-state index in [1.54, 1.807) is 30.3 Å². The third-order valence-corrected chi connectivity index (χ3v) is 5.78. The molecule has 0 bridgehead atoms.